The number of hydrogen-bond donors (Lipinski definition) is 1. The van der Waals surface area contributed by atoms with E-state index in [2.05, 4.69) is 91.5 Å². The average Bonchev–Trinajstić information content (AvgIpc) is 3.68. The Hall–Kier alpha value is -3.89. The molecule has 0 bridgehead atoms. The normalized spacial score (nSPS) is 13.4. The van der Waals surface area contributed by atoms with Crippen LogP contribution in [0.1, 0.15) is 83.7 Å². The van der Waals surface area contributed by atoms with Gasteiger partial charge < -0.3 is 15.1 Å². The van der Waals surface area contributed by atoms with Crippen molar-refractivity contribution in [3.8, 4) is 32.0 Å². The van der Waals surface area contributed by atoms with E-state index in [0.717, 1.165) is 74.3 Å². The van der Waals surface area contributed by atoms with Crippen molar-refractivity contribution in [2.45, 2.75) is 92.8 Å². The van der Waals surface area contributed by atoms with Crippen molar-refractivity contribution in [1.29, 1.82) is 0 Å². The summed E-state index contributed by atoms with van der Waals surface area (Å²) in [5.41, 5.74) is 4.45. The SMILES string of the molecule is CCCN(Cc1ncc(-c2ccc(-c3ccc(-c4cnc(CN(CCC)C(=O)C(NC(=O)C5CC5)C(C)C)s4)cc3)cc2)s1)C(=O)CC(C)C. The van der Waals surface area contributed by atoms with Gasteiger partial charge in [-0.15, -0.1) is 22.7 Å². The highest BCUT2D eigenvalue weighted by Gasteiger charge is 2.35. The predicted molar refractivity (Wildman–Crippen MR) is 204 cm³/mol. The van der Waals surface area contributed by atoms with Gasteiger partial charge >= 0.3 is 0 Å². The van der Waals surface area contributed by atoms with E-state index in [9.17, 15) is 14.4 Å². The maximum absolute atomic E-state index is 13.6. The minimum absolute atomic E-state index is 0.000280. The van der Waals surface area contributed by atoms with E-state index in [1.807, 2.05) is 36.0 Å². The van der Waals surface area contributed by atoms with Crippen LogP contribution in [0.5, 0.6) is 0 Å². The first-order chi connectivity index (χ1) is 24.1. The molecule has 1 N–H and O–H groups in total. The highest BCUT2D eigenvalue weighted by atomic mass is 32.1. The van der Waals surface area contributed by atoms with Crippen LogP contribution in [0.3, 0.4) is 0 Å². The zero-order valence-corrected chi connectivity index (χ0v) is 31.9. The Morgan fingerprint density at radius 1 is 0.740 bits per heavy atom. The van der Waals surface area contributed by atoms with Gasteiger partial charge in [-0.25, -0.2) is 9.97 Å². The first-order valence-electron chi connectivity index (χ1n) is 18.0. The van der Waals surface area contributed by atoms with E-state index >= 15 is 0 Å². The highest BCUT2D eigenvalue weighted by molar-refractivity contribution is 7.15. The Balaban J connectivity index is 1.21. The van der Waals surface area contributed by atoms with Gasteiger partial charge in [0.05, 0.1) is 22.8 Å². The lowest BCUT2D eigenvalue weighted by Gasteiger charge is -2.29. The first kappa shape index (κ1) is 37.4. The Morgan fingerprint density at radius 2 is 1.20 bits per heavy atom. The molecule has 0 radical (unpaired) electrons. The lowest BCUT2D eigenvalue weighted by Crippen LogP contribution is -2.51. The van der Waals surface area contributed by atoms with Gasteiger partial charge in [-0.2, -0.15) is 0 Å². The van der Waals surface area contributed by atoms with Crippen molar-refractivity contribution in [2.75, 3.05) is 13.1 Å². The summed E-state index contributed by atoms with van der Waals surface area (Å²) in [4.78, 5) is 54.1. The third kappa shape index (κ3) is 9.88. The molecule has 1 aliphatic rings. The molecule has 5 rings (SSSR count). The Labute approximate surface area is 305 Å². The molecule has 10 heteroatoms. The minimum atomic E-state index is -0.525. The number of nitrogens with one attached hydrogen (secondary N) is 1. The number of amides is 3. The van der Waals surface area contributed by atoms with Gasteiger partial charge in [-0.1, -0.05) is 90.1 Å². The van der Waals surface area contributed by atoms with Crippen LogP contribution >= 0.6 is 22.7 Å². The topological polar surface area (TPSA) is 95.5 Å². The molecule has 2 heterocycles. The molecule has 8 nitrogen and oxygen atoms in total. The molecular weight excluding hydrogens is 663 g/mol. The number of thiazole rings is 2. The smallest absolute Gasteiger partial charge is 0.245 e. The summed E-state index contributed by atoms with van der Waals surface area (Å²) in [5.74, 6) is 0.568. The fourth-order valence-electron chi connectivity index (χ4n) is 5.92. The van der Waals surface area contributed by atoms with Crippen molar-refractivity contribution in [3.05, 3.63) is 70.9 Å². The van der Waals surface area contributed by atoms with Crippen molar-refractivity contribution in [1.82, 2.24) is 25.1 Å². The molecule has 1 atom stereocenters. The van der Waals surface area contributed by atoms with Gasteiger partial charge in [-0.3, -0.25) is 14.4 Å². The molecule has 4 aromatic rings. The molecule has 2 aromatic carbocycles. The van der Waals surface area contributed by atoms with Crippen LogP contribution in [0.2, 0.25) is 0 Å². The van der Waals surface area contributed by atoms with Crippen LogP contribution in [0.25, 0.3) is 32.0 Å². The van der Waals surface area contributed by atoms with E-state index in [1.54, 1.807) is 22.7 Å². The number of aromatic nitrogens is 2. The Bertz CT molecular complexity index is 1720. The van der Waals surface area contributed by atoms with Crippen LogP contribution < -0.4 is 5.32 Å². The van der Waals surface area contributed by atoms with Crippen LogP contribution in [-0.4, -0.2) is 56.6 Å². The maximum atomic E-state index is 13.6. The summed E-state index contributed by atoms with van der Waals surface area (Å²) in [7, 11) is 0. The van der Waals surface area contributed by atoms with Crippen LogP contribution in [0.15, 0.2) is 60.9 Å². The molecular formula is C40H51N5O3S2. The van der Waals surface area contributed by atoms with Gasteiger partial charge in [0.15, 0.2) is 0 Å². The minimum Gasteiger partial charge on any atom is -0.344 e. The Morgan fingerprint density at radius 3 is 1.64 bits per heavy atom. The second-order valence-corrected chi connectivity index (χ2v) is 16.3. The summed E-state index contributed by atoms with van der Waals surface area (Å²) in [6, 6.07) is 16.5. The summed E-state index contributed by atoms with van der Waals surface area (Å²) in [5, 5.41) is 4.86. The van der Waals surface area contributed by atoms with Crippen LogP contribution in [-0.2, 0) is 27.5 Å². The van der Waals surface area contributed by atoms with Gasteiger partial charge in [0.2, 0.25) is 17.7 Å². The number of carbonyl (C=O) groups is 3. The molecule has 0 spiro atoms. The van der Waals surface area contributed by atoms with Crippen LogP contribution in [0, 0.1) is 17.8 Å². The molecule has 266 valence electrons. The molecule has 0 saturated heterocycles. The third-order valence-electron chi connectivity index (χ3n) is 8.84. The first-order valence-corrected chi connectivity index (χ1v) is 19.7. The summed E-state index contributed by atoms with van der Waals surface area (Å²) in [6.07, 6.45) is 7.95. The second-order valence-electron chi connectivity index (χ2n) is 14.1. The molecule has 1 saturated carbocycles. The molecule has 1 fully saturated rings. The van der Waals surface area contributed by atoms with Gasteiger partial charge in [-0.05, 0) is 59.8 Å². The number of carbonyl (C=O) groups excluding carboxylic acids is 3. The van der Waals surface area contributed by atoms with E-state index < -0.39 is 6.04 Å². The summed E-state index contributed by atoms with van der Waals surface area (Å²) >= 11 is 3.25. The van der Waals surface area contributed by atoms with Crippen LogP contribution in [0.4, 0.5) is 0 Å². The Kier molecular flexibility index (Phi) is 13.0. The molecule has 2 aromatic heterocycles. The van der Waals surface area contributed by atoms with E-state index in [4.69, 9.17) is 0 Å². The number of benzene rings is 2. The van der Waals surface area contributed by atoms with Gasteiger partial charge in [0.1, 0.15) is 16.1 Å². The quantitative estimate of drug-likeness (QED) is 0.118. The fraction of sp³-hybridized carbons (Fsp3) is 0.475. The second kappa shape index (κ2) is 17.4. The molecule has 0 aliphatic heterocycles. The molecule has 1 unspecified atom stereocenters. The van der Waals surface area contributed by atoms with Crippen molar-refractivity contribution < 1.29 is 14.4 Å². The molecule has 3 amide bonds. The summed E-state index contributed by atoms with van der Waals surface area (Å²) in [6.45, 7) is 14.6. The third-order valence-corrected chi connectivity index (χ3v) is 10.9. The predicted octanol–water partition coefficient (Wildman–Crippen LogP) is 8.67. The molecule has 50 heavy (non-hydrogen) atoms. The van der Waals surface area contributed by atoms with Gasteiger partial charge in [0, 0.05) is 37.8 Å². The lowest BCUT2D eigenvalue weighted by atomic mass is 10.0. The largest absolute Gasteiger partial charge is 0.344 e. The summed E-state index contributed by atoms with van der Waals surface area (Å²) < 4.78 is 0. The molecule has 1 aliphatic carbocycles. The number of rotatable bonds is 17. The fourth-order valence-corrected chi connectivity index (χ4v) is 7.80. The maximum Gasteiger partial charge on any atom is 0.245 e. The highest BCUT2D eigenvalue weighted by Crippen LogP contribution is 2.33. The van der Waals surface area contributed by atoms with Crippen molar-refractivity contribution in [2.24, 2.45) is 17.8 Å². The zero-order valence-electron chi connectivity index (χ0n) is 30.3. The zero-order chi connectivity index (χ0) is 35.8. The average molecular weight is 714 g/mol. The number of nitrogens with zero attached hydrogens (tertiary/aromatic N) is 4. The van der Waals surface area contributed by atoms with Gasteiger partial charge in [0.25, 0.3) is 0 Å². The van der Waals surface area contributed by atoms with Crippen molar-refractivity contribution in [3.63, 3.8) is 0 Å². The standard InChI is InChI=1S/C40H51N5O3S2/c1-7-19-44(37(46)21-26(3)4)24-35-41-22-33(49-35)30-13-9-28(10-14-30)29-11-15-31(16-12-29)34-23-42-36(50-34)25-45(20-8-2)40(48)38(27(5)6)43-39(47)32-17-18-32/h9-16,22-23,26-27,32,38H,7-8,17-21,24-25H2,1-6H3,(H,43,47). The number of hydrogen-bond acceptors (Lipinski definition) is 7. The lowest BCUT2D eigenvalue weighted by molar-refractivity contribution is -0.138. The van der Waals surface area contributed by atoms with Crippen molar-refractivity contribution >= 4 is 40.4 Å². The van der Waals surface area contributed by atoms with E-state index in [1.165, 1.54) is 0 Å². The van der Waals surface area contributed by atoms with E-state index in [0.29, 0.717) is 32.0 Å². The monoisotopic (exact) mass is 713 g/mol. The van der Waals surface area contributed by atoms with E-state index in [-0.39, 0.29) is 29.6 Å².